The number of anilines is 1. The van der Waals surface area contributed by atoms with Crippen LogP contribution < -0.4 is 11.1 Å². The molecule has 0 spiro atoms. The summed E-state index contributed by atoms with van der Waals surface area (Å²) in [5, 5.41) is 21.1. The lowest BCUT2D eigenvalue weighted by Crippen LogP contribution is -2.39. The third-order valence-corrected chi connectivity index (χ3v) is 5.79. The van der Waals surface area contributed by atoms with Crippen LogP contribution in [0.5, 0.6) is 0 Å². The van der Waals surface area contributed by atoms with Crippen molar-refractivity contribution in [2.45, 2.75) is 25.2 Å². The quantitative estimate of drug-likeness (QED) is 0.480. The minimum Gasteiger partial charge on any atom is -0.414 e. The Labute approximate surface area is 190 Å². The molecule has 1 aliphatic rings. The van der Waals surface area contributed by atoms with Crippen molar-refractivity contribution in [1.29, 1.82) is 5.26 Å². The van der Waals surface area contributed by atoms with E-state index in [1.54, 1.807) is 18.5 Å². The largest absolute Gasteiger partial charge is 0.414 e. The number of nitrogens with two attached hydrogens (primary N) is 1. The van der Waals surface area contributed by atoms with Crippen LogP contribution >= 0.6 is 0 Å². The summed E-state index contributed by atoms with van der Waals surface area (Å²) in [5.41, 5.74) is 9.73. The third-order valence-electron chi connectivity index (χ3n) is 5.79. The van der Waals surface area contributed by atoms with Gasteiger partial charge in [-0.25, -0.2) is 9.97 Å². The predicted molar refractivity (Wildman–Crippen MR) is 123 cm³/mol. The van der Waals surface area contributed by atoms with Crippen molar-refractivity contribution in [3.05, 3.63) is 60.0 Å². The minimum absolute atomic E-state index is 0.190. The van der Waals surface area contributed by atoms with Gasteiger partial charge in [-0.3, -0.25) is 4.98 Å². The molecule has 0 saturated carbocycles. The molecule has 4 aromatic rings. The van der Waals surface area contributed by atoms with Crippen LogP contribution in [0.2, 0.25) is 0 Å². The Morgan fingerprint density at radius 3 is 2.67 bits per heavy atom. The first-order valence-electron chi connectivity index (χ1n) is 10.6. The fourth-order valence-electron chi connectivity index (χ4n) is 3.57. The van der Waals surface area contributed by atoms with Crippen molar-refractivity contribution < 1.29 is 4.42 Å². The van der Waals surface area contributed by atoms with Gasteiger partial charge in [0.1, 0.15) is 0 Å². The highest BCUT2D eigenvalue weighted by molar-refractivity contribution is 5.69. The predicted octanol–water partition coefficient (Wildman–Crippen LogP) is 3.33. The molecule has 0 amide bonds. The number of hydrogen-bond donors (Lipinski definition) is 2. The van der Waals surface area contributed by atoms with Crippen LogP contribution in [0.1, 0.15) is 31.0 Å². The van der Waals surface area contributed by atoms with E-state index >= 15 is 0 Å². The van der Waals surface area contributed by atoms with E-state index in [0.29, 0.717) is 28.9 Å². The van der Waals surface area contributed by atoms with Crippen LogP contribution in [-0.2, 0) is 5.41 Å². The van der Waals surface area contributed by atoms with E-state index in [4.69, 9.17) is 10.2 Å². The molecule has 0 unspecified atom stereocenters. The summed E-state index contributed by atoms with van der Waals surface area (Å²) < 4.78 is 5.93. The highest BCUT2D eigenvalue weighted by Gasteiger charge is 2.23. The second-order valence-corrected chi connectivity index (χ2v) is 8.55. The Morgan fingerprint density at radius 2 is 1.91 bits per heavy atom. The van der Waals surface area contributed by atoms with E-state index in [1.807, 2.05) is 32.0 Å². The van der Waals surface area contributed by atoms with Crippen LogP contribution in [0.4, 0.5) is 5.82 Å². The minimum atomic E-state index is -0.731. The third kappa shape index (κ3) is 3.92. The summed E-state index contributed by atoms with van der Waals surface area (Å²) in [4.78, 5) is 13.2. The summed E-state index contributed by atoms with van der Waals surface area (Å²) in [6, 6.07) is 14.0. The summed E-state index contributed by atoms with van der Waals surface area (Å²) in [7, 11) is 0. The Bertz CT molecular complexity index is 1370. The van der Waals surface area contributed by atoms with Crippen molar-refractivity contribution in [1.82, 2.24) is 30.5 Å². The first-order valence-corrected chi connectivity index (χ1v) is 10.6. The number of benzene rings is 1. The molecule has 4 heterocycles. The molecule has 1 aliphatic heterocycles. The van der Waals surface area contributed by atoms with E-state index < -0.39 is 5.41 Å². The molecule has 0 atom stereocenters. The Hall–Kier alpha value is -4.16. The summed E-state index contributed by atoms with van der Waals surface area (Å²) in [6.07, 6.45) is 3.22. The van der Waals surface area contributed by atoms with Gasteiger partial charge in [0.05, 0.1) is 29.1 Å². The molecular weight excluding hydrogens is 416 g/mol. The summed E-state index contributed by atoms with van der Waals surface area (Å²) in [6.45, 7) is 5.57. The molecule has 1 aromatic carbocycles. The molecule has 33 heavy (non-hydrogen) atoms. The van der Waals surface area contributed by atoms with Gasteiger partial charge in [0.25, 0.3) is 5.89 Å². The van der Waals surface area contributed by atoms with Crippen LogP contribution in [0.3, 0.4) is 0 Å². The van der Waals surface area contributed by atoms with E-state index in [2.05, 4.69) is 48.7 Å². The van der Waals surface area contributed by atoms with E-state index in [0.717, 1.165) is 24.2 Å². The van der Waals surface area contributed by atoms with Crippen LogP contribution in [0.25, 0.3) is 34.3 Å². The lowest BCUT2D eigenvalue weighted by atomic mass is 9.90. The maximum absolute atomic E-state index is 9.43. The zero-order chi connectivity index (χ0) is 23.0. The Kier molecular flexibility index (Phi) is 5.07. The molecule has 164 valence electrons. The first-order chi connectivity index (χ1) is 15.9. The number of pyridine rings is 1. The lowest BCUT2D eigenvalue weighted by molar-refractivity contribution is 0.448. The highest BCUT2D eigenvalue weighted by atomic mass is 16.4. The van der Waals surface area contributed by atoms with E-state index in [9.17, 15) is 5.26 Å². The second-order valence-electron chi connectivity index (χ2n) is 8.55. The number of nitrogens with one attached hydrogen (secondary N) is 1. The van der Waals surface area contributed by atoms with Crippen LogP contribution in [0, 0.1) is 11.3 Å². The molecule has 9 heteroatoms. The van der Waals surface area contributed by atoms with Gasteiger partial charge in [-0.2, -0.15) is 5.26 Å². The Morgan fingerprint density at radius 1 is 1.09 bits per heavy atom. The van der Waals surface area contributed by atoms with Crippen molar-refractivity contribution in [2.24, 2.45) is 0 Å². The smallest absolute Gasteiger partial charge is 0.270 e. The van der Waals surface area contributed by atoms with Gasteiger partial charge in [-0.1, -0.05) is 12.1 Å². The molecule has 3 aromatic heterocycles. The topological polar surface area (TPSA) is 139 Å². The van der Waals surface area contributed by atoms with Gasteiger partial charge in [-0.15, -0.1) is 10.2 Å². The highest BCUT2D eigenvalue weighted by Crippen LogP contribution is 2.30. The standard InChI is InChI=1S/C24H22N8O/c1-24(2,13-25)19-9-15(6-7-28-19)18-12-29-21(26)20(30-18)23-32-31-22(33-23)16-5-3-4-14(8-16)17-10-27-11-17/h3-9,12,17,27H,10-11H2,1-2H3,(H2,26,29). The number of nitrogens with zero attached hydrogens (tertiary/aromatic N) is 6. The van der Waals surface area contributed by atoms with Gasteiger partial charge < -0.3 is 15.5 Å². The number of nitriles is 1. The van der Waals surface area contributed by atoms with Crippen molar-refractivity contribution in [3.8, 4) is 40.4 Å². The van der Waals surface area contributed by atoms with Crippen molar-refractivity contribution >= 4 is 5.82 Å². The molecular formula is C24H22N8O. The van der Waals surface area contributed by atoms with Crippen molar-refractivity contribution in [3.63, 3.8) is 0 Å². The van der Waals surface area contributed by atoms with Gasteiger partial charge in [-0.05, 0) is 43.7 Å². The van der Waals surface area contributed by atoms with Gasteiger partial charge in [0.15, 0.2) is 11.5 Å². The molecule has 3 N–H and O–H groups in total. The molecule has 5 rings (SSSR count). The lowest BCUT2D eigenvalue weighted by Gasteiger charge is -2.27. The molecule has 9 nitrogen and oxygen atoms in total. The van der Waals surface area contributed by atoms with Gasteiger partial charge in [0.2, 0.25) is 5.89 Å². The monoisotopic (exact) mass is 438 g/mol. The SMILES string of the molecule is CC(C)(C#N)c1cc(-c2cnc(N)c(-c3nnc(-c4cccc(C5CNC5)c4)o3)n2)ccn1. The summed E-state index contributed by atoms with van der Waals surface area (Å²) in [5.74, 6) is 1.28. The molecule has 0 radical (unpaired) electrons. The number of hydrogen-bond acceptors (Lipinski definition) is 9. The first kappa shape index (κ1) is 20.7. The zero-order valence-electron chi connectivity index (χ0n) is 18.3. The molecule has 0 bridgehead atoms. The number of aromatic nitrogens is 5. The average Bonchev–Trinajstić information content (AvgIpc) is 3.29. The normalized spacial score (nSPS) is 14.0. The van der Waals surface area contributed by atoms with Gasteiger partial charge in [0, 0.05) is 36.3 Å². The number of nitrogen functional groups attached to an aromatic ring is 1. The second kappa shape index (κ2) is 8.07. The maximum atomic E-state index is 9.43. The fourth-order valence-corrected chi connectivity index (χ4v) is 3.57. The van der Waals surface area contributed by atoms with E-state index in [-0.39, 0.29) is 11.7 Å². The van der Waals surface area contributed by atoms with Crippen LogP contribution in [0.15, 0.2) is 53.2 Å². The average molecular weight is 438 g/mol. The number of rotatable bonds is 5. The zero-order valence-corrected chi connectivity index (χ0v) is 18.3. The Balaban J connectivity index is 1.49. The summed E-state index contributed by atoms with van der Waals surface area (Å²) >= 11 is 0. The molecule has 0 aliphatic carbocycles. The molecule has 1 saturated heterocycles. The van der Waals surface area contributed by atoms with Gasteiger partial charge >= 0.3 is 0 Å². The fraction of sp³-hybridized carbons (Fsp3) is 0.250. The van der Waals surface area contributed by atoms with E-state index in [1.165, 1.54) is 5.56 Å². The molecule has 1 fully saturated rings. The van der Waals surface area contributed by atoms with Crippen LogP contribution in [-0.4, -0.2) is 38.2 Å². The van der Waals surface area contributed by atoms with Crippen molar-refractivity contribution in [2.75, 3.05) is 18.8 Å². The maximum Gasteiger partial charge on any atom is 0.270 e.